The summed E-state index contributed by atoms with van der Waals surface area (Å²) < 4.78 is 18.4. The molecule has 0 saturated heterocycles. The second kappa shape index (κ2) is 9.03. The minimum Gasteiger partial charge on any atom is -0.493 e. The Hall–Kier alpha value is -2.40. The van der Waals surface area contributed by atoms with E-state index in [9.17, 15) is 9.18 Å². The Bertz CT molecular complexity index is 717. The summed E-state index contributed by atoms with van der Waals surface area (Å²) in [6, 6.07) is 11.2. The van der Waals surface area contributed by atoms with Gasteiger partial charge in [0.2, 0.25) is 5.91 Å². The van der Waals surface area contributed by atoms with Gasteiger partial charge in [-0.2, -0.15) is 5.10 Å². The average molecular weight is 349 g/mol. The van der Waals surface area contributed by atoms with Crippen LogP contribution in [0.4, 0.5) is 4.39 Å². The number of carbonyl (C=O) groups excluding carboxylic acids is 1. The van der Waals surface area contributed by atoms with E-state index in [0.717, 1.165) is 11.3 Å². The molecular formula is C18H18ClFN2O2. The van der Waals surface area contributed by atoms with E-state index in [1.807, 2.05) is 19.1 Å². The van der Waals surface area contributed by atoms with Crippen molar-refractivity contribution in [1.82, 2.24) is 5.43 Å². The van der Waals surface area contributed by atoms with Crippen LogP contribution in [0.5, 0.6) is 5.75 Å². The van der Waals surface area contributed by atoms with Crippen molar-refractivity contribution in [2.75, 3.05) is 6.61 Å². The van der Waals surface area contributed by atoms with Crippen molar-refractivity contribution in [2.45, 2.75) is 19.8 Å². The fourth-order valence-corrected chi connectivity index (χ4v) is 2.20. The van der Waals surface area contributed by atoms with Gasteiger partial charge < -0.3 is 4.74 Å². The molecule has 2 rings (SSSR count). The van der Waals surface area contributed by atoms with E-state index in [1.54, 1.807) is 18.2 Å². The third-order valence-corrected chi connectivity index (χ3v) is 3.45. The zero-order valence-corrected chi connectivity index (χ0v) is 14.0. The molecule has 24 heavy (non-hydrogen) atoms. The third-order valence-electron chi connectivity index (χ3n) is 3.22. The Labute approximate surface area is 145 Å². The molecule has 1 N–H and O–H groups in total. The number of halogens is 2. The molecule has 0 aromatic heterocycles. The summed E-state index contributed by atoms with van der Waals surface area (Å²) in [6.07, 6.45) is 2.33. The fraction of sp³-hybridized carbons (Fsp3) is 0.222. The molecule has 4 nitrogen and oxygen atoms in total. The van der Waals surface area contributed by atoms with Crippen molar-refractivity contribution < 1.29 is 13.9 Å². The van der Waals surface area contributed by atoms with Gasteiger partial charge in [0, 0.05) is 11.4 Å². The lowest BCUT2D eigenvalue weighted by Crippen LogP contribution is -2.18. The molecule has 0 unspecified atom stereocenters. The van der Waals surface area contributed by atoms with Crippen LogP contribution >= 0.6 is 11.6 Å². The molecule has 0 aliphatic heterocycles. The van der Waals surface area contributed by atoms with Crippen molar-refractivity contribution in [3.63, 3.8) is 0 Å². The summed E-state index contributed by atoms with van der Waals surface area (Å²) in [6.45, 7) is 2.34. The van der Waals surface area contributed by atoms with Crippen LogP contribution in [0.2, 0.25) is 5.02 Å². The maximum absolute atomic E-state index is 12.7. The molecule has 126 valence electrons. The minimum atomic E-state index is -0.313. The van der Waals surface area contributed by atoms with Gasteiger partial charge in [0.05, 0.1) is 12.8 Å². The van der Waals surface area contributed by atoms with E-state index < -0.39 is 0 Å². The molecule has 0 atom stereocenters. The summed E-state index contributed by atoms with van der Waals surface area (Å²) in [7, 11) is 0. The highest BCUT2D eigenvalue weighted by Crippen LogP contribution is 2.21. The molecule has 0 fully saturated rings. The Morgan fingerprint density at radius 1 is 1.29 bits per heavy atom. The maximum Gasteiger partial charge on any atom is 0.240 e. The van der Waals surface area contributed by atoms with Crippen molar-refractivity contribution >= 4 is 23.7 Å². The number of ether oxygens (including phenoxy) is 1. The number of aryl methyl sites for hydroxylation is 1. The molecular weight excluding hydrogens is 331 g/mol. The number of rotatable bonds is 7. The van der Waals surface area contributed by atoms with Gasteiger partial charge in [-0.1, -0.05) is 23.7 Å². The average Bonchev–Trinajstić information content (AvgIpc) is 2.55. The molecule has 0 heterocycles. The molecule has 6 heteroatoms. The van der Waals surface area contributed by atoms with Crippen LogP contribution in [0, 0.1) is 12.7 Å². The lowest BCUT2D eigenvalue weighted by Gasteiger charge is -2.08. The van der Waals surface area contributed by atoms with E-state index in [0.29, 0.717) is 30.0 Å². The molecule has 1 amide bonds. The SMILES string of the molecule is Cc1cc(Cl)ccc1OCCCC(=O)N/N=C/c1ccc(F)cc1. The zero-order valence-electron chi connectivity index (χ0n) is 13.3. The first-order valence-electron chi connectivity index (χ1n) is 7.51. The zero-order chi connectivity index (χ0) is 17.4. The number of nitrogens with zero attached hydrogens (tertiary/aromatic N) is 1. The standard InChI is InChI=1S/C18H18ClFN2O2/c1-13-11-15(19)6-9-17(13)24-10-2-3-18(23)22-21-12-14-4-7-16(20)8-5-14/h4-9,11-12H,2-3,10H2,1H3,(H,22,23)/b21-12+. The normalized spacial score (nSPS) is 10.8. The lowest BCUT2D eigenvalue weighted by atomic mass is 10.2. The summed E-state index contributed by atoms with van der Waals surface area (Å²) in [5, 5.41) is 4.49. The molecule has 0 bridgehead atoms. The van der Waals surface area contributed by atoms with Crippen LogP contribution in [0.3, 0.4) is 0 Å². The second-order valence-corrected chi connectivity index (χ2v) is 5.64. The highest BCUT2D eigenvalue weighted by molar-refractivity contribution is 6.30. The number of hydrogen-bond donors (Lipinski definition) is 1. The number of hydrazone groups is 1. The predicted octanol–water partition coefficient (Wildman–Crippen LogP) is 4.10. The van der Waals surface area contributed by atoms with Crippen LogP contribution in [-0.2, 0) is 4.79 Å². The molecule has 0 aliphatic rings. The van der Waals surface area contributed by atoms with Gasteiger partial charge in [0.1, 0.15) is 11.6 Å². The summed E-state index contributed by atoms with van der Waals surface area (Å²) in [5.41, 5.74) is 4.09. The molecule has 0 aliphatic carbocycles. The van der Waals surface area contributed by atoms with Gasteiger partial charge in [-0.15, -0.1) is 0 Å². The maximum atomic E-state index is 12.7. The quantitative estimate of drug-likeness (QED) is 0.465. The van der Waals surface area contributed by atoms with Crippen LogP contribution in [0.1, 0.15) is 24.0 Å². The summed E-state index contributed by atoms with van der Waals surface area (Å²) in [5.74, 6) is 0.242. The third kappa shape index (κ3) is 6.01. The fourth-order valence-electron chi connectivity index (χ4n) is 1.97. The van der Waals surface area contributed by atoms with Gasteiger partial charge >= 0.3 is 0 Å². The van der Waals surface area contributed by atoms with Crippen LogP contribution < -0.4 is 10.2 Å². The molecule has 2 aromatic rings. The van der Waals surface area contributed by atoms with Gasteiger partial charge in [-0.25, -0.2) is 9.82 Å². The highest BCUT2D eigenvalue weighted by atomic mass is 35.5. The van der Waals surface area contributed by atoms with Gasteiger partial charge in [0.15, 0.2) is 0 Å². The van der Waals surface area contributed by atoms with E-state index in [1.165, 1.54) is 18.3 Å². The smallest absolute Gasteiger partial charge is 0.240 e. The topological polar surface area (TPSA) is 50.7 Å². The van der Waals surface area contributed by atoms with E-state index in [4.69, 9.17) is 16.3 Å². The number of nitrogens with one attached hydrogen (secondary N) is 1. The number of carbonyl (C=O) groups is 1. The Balaban J connectivity index is 1.67. The minimum absolute atomic E-state index is 0.204. The summed E-state index contributed by atoms with van der Waals surface area (Å²) >= 11 is 5.88. The first-order valence-corrected chi connectivity index (χ1v) is 7.89. The molecule has 0 spiro atoms. The molecule has 0 saturated carbocycles. The Morgan fingerprint density at radius 2 is 2.04 bits per heavy atom. The van der Waals surface area contributed by atoms with Crippen LogP contribution in [-0.4, -0.2) is 18.7 Å². The van der Waals surface area contributed by atoms with Gasteiger partial charge in [0.25, 0.3) is 0 Å². The first kappa shape index (κ1) is 17.9. The van der Waals surface area contributed by atoms with Gasteiger partial charge in [-0.05, 0) is 54.8 Å². The van der Waals surface area contributed by atoms with E-state index in [-0.39, 0.29) is 11.7 Å². The van der Waals surface area contributed by atoms with Crippen molar-refractivity contribution in [2.24, 2.45) is 5.10 Å². The molecule has 2 aromatic carbocycles. The van der Waals surface area contributed by atoms with E-state index in [2.05, 4.69) is 10.5 Å². The Kier molecular flexibility index (Phi) is 6.75. The monoisotopic (exact) mass is 348 g/mol. The van der Waals surface area contributed by atoms with E-state index >= 15 is 0 Å². The number of hydrogen-bond acceptors (Lipinski definition) is 3. The van der Waals surface area contributed by atoms with Crippen molar-refractivity contribution in [1.29, 1.82) is 0 Å². The first-order chi connectivity index (χ1) is 11.5. The lowest BCUT2D eigenvalue weighted by molar-refractivity contribution is -0.121. The van der Waals surface area contributed by atoms with Crippen molar-refractivity contribution in [3.8, 4) is 5.75 Å². The van der Waals surface area contributed by atoms with Gasteiger partial charge in [-0.3, -0.25) is 4.79 Å². The Morgan fingerprint density at radius 3 is 2.75 bits per heavy atom. The summed E-state index contributed by atoms with van der Waals surface area (Å²) in [4.78, 5) is 11.7. The predicted molar refractivity (Wildman–Crippen MR) is 93.1 cm³/mol. The van der Waals surface area contributed by atoms with Crippen LogP contribution in [0.25, 0.3) is 0 Å². The largest absolute Gasteiger partial charge is 0.493 e. The number of amides is 1. The van der Waals surface area contributed by atoms with Crippen molar-refractivity contribution in [3.05, 3.63) is 64.4 Å². The molecule has 0 radical (unpaired) electrons. The second-order valence-electron chi connectivity index (χ2n) is 5.21. The van der Waals surface area contributed by atoms with Crippen LogP contribution in [0.15, 0.2) is 47.6 Å². The highest BCUT2D eigenvalue weighted by Gasteiger charge is 2.02. The number of benzene rings is 2.